The van der Waals surface area contributed by atoms with Crippen LogP contribution in [0.25, 0.3) is 5.69 Å². The van der Waals surface area contributed by atoms with Crippen LogP contribution in [-0.4, -0.2) is 31.7 Å². The van der Waals surface area contributed by atoms with Gasteiger partial charge in [-0.25, -0.2) is 9.48 Å². The molecule has 0 saturated carbocycles. The van der Waals surface area contributed by atoms with Gasteiger partial charge in [-0.15, -0.1) is 0 Å². The maximum atomic E-state index is 11.0. The number of carbonyl (C=O) groups excluding carboxylic acids is 1. The molecule has 9 heteroatoms. The predicted molar refractivity (Wildman–Crippen MR) is 65.7 cm³/mol. The molecule has 20 heavy (non-hydrogen) atoms. The number of nitrogens with zero attached hydrogens (tertiary/aromatic N) is 3. The van der Waals surface area contributed by atoms with Crippen molar-refractivity contribution in [2.24, 2.45) is 5.73 Å². The third-order valence-corrected chi connectivity index (χ3v) is 2.51. The molecule has 1 heterocycles. The number of aromatic carboxylic acids is 1. The second-order valence-electron chi connectivity index (χ2n) is 3.78. The zero-order valence-corrected chi connectivity index (χ0v) is 9.89. The number of hydrogen-bond donors (Lipinski definition) is 2. The van der Waals surface area contributed by atoms with Gasteiger partial charge in [0.05, 0.1) is 10.5 Å². The second-order valence-corrected chi connectivity index (χ2v) is 3.78. The van der Waals surface area contributed by atoms with Crippen LogP contribution in [0.15, 0.2) is 30.5 Å². The van der Waals surface area contributed by atoms with Gasteiger partial charge in [-0.1, -0.05) is 0 Å². The Bertz CT molecular complexity index is 721. The van der Waals surface area contributed by atoms with Crippen LogP contribution in [0.1, 0.15) is 20.8 Å². The van der Waals surface area contributed by atoms with Gasteiger partial charge in [0.1, 0.15) is 11.4 Å². The van der Waals surface area contributed by atoms with Gasteiger partial charge in [0.15, 0.2) is 0 Å². The molecule has 0 saturated heterocycles. The van der Waals surface area contributed by atoms with Gasteiger partial charge in [-0.3, -0.25) is 14.9 Å². The van der Waals surface area contributed by atoms with Gasteiger partial charge in [0.25, 0.3) is 11.6 Å². The molecule has 0 fully saturated rings. The van der Waals surface area contributed by atoms with Gasteiger partial charge >= 0.3 is 5.97 Å². The largest absolute Gasteiger partial charge is 0.478 e. The molecule has 0 aliphatic heterocycles. The Hall–Kier alpha value is -3.23. The van der Waals surface area contributed by atoms with Gasteiger partial charge in [0, 0.05) is 12.3 Å². The predicted octanol–water partition coefficient (Wildman–Crippen LogP) is 0.578. The van der Waals surface area contributed by atoms with Crippen LogP contribution >= 0.6 is 0 Å². The van der Waals surface area contributed by atoms with E-state index >= 15 is 0 Å². The SMILES string of the molecule is NC(=O)c1ccn(-c2ccc(C(=O)O)cc2[N+](=O)[O-])n1. The van der Waals surface area contributed by atoms with Gasteiger partial charge < -0.3 is 10.8 Å². The number of amides is 1. The fraction of sp³-hybridized carbons (Fsp3) is 0. The molecule has 1 aromatic carbocycles. The molecular formula is C11H8N4O5. The summed E-state index contributed by atoms with van der Waals surface area (Å²) in [7, 11) is 0. The number of nitrogens with two attached hydrogens (primary N) is 1. The lowest BCUT2D eigenvalue weighted by molar-refractivity contribution is -0.384. The normalized spacial score (nSPS) is 10.2. The molecule has 2 aromatic rings. The van der Waals surface area contributed by atoms with Crippen LogP contribution in [0.2, 0.25) is 0 Å². The third-order valence-electron chi connectivity index (χ3n) is 2.51. The smallest absolute Gasteiger partial charge is 0.335 e. The first kappa shape index (κ1) is 13.2. The fourth-order valence-electron chi connectivity index (χ4n) is 1.59. The number of primary amides is 1. The molecule has 0 aliphatic carbocycles. The molecule has 2 rings (SSSR count). The Morgan fingerprint density at radius 2 is 2.05 bits per heavy atom. The highest BCUT2D eigenvalue weighted by molar-refractivity contribution is 5.91. The van der Waals surface area contributed by atoms with E-state index in [1.807, 2.05) is 0 Å². The number of nitro groups is 1. The van der Waals surface area contributed by atoms with E-state index in [1.165, 1.54) is 24.4 Å². The lowest BCUT2D eigenvalue weighted by Gasteiger charge is -2.03. The monoisotopic (exact) mass is 276 g/mol. The Morgan fingerprint density at radius 1 is 1.35 bits per heavy atom. The van der Waals surface area contributed by atoms with Crippen LogP contribution in [0.3, 0.4) is 0 Å². The first-order chi connectivity index (χ1) is 9.40. The first-order valence-corrected chi connectivity index (χ1v) is 5.27. The summed E-state index contributed by atoms with van der Waals surface area (Å²) < 4.78 is 1.09. The molecule has 9 nitrogen and oxygen atoms in total. The highest BCUT2D eigenvalue weighted by Gasteiger charge is 2.19. The summed E-state index contributed by atoms with van der Waals surface area (Å²) in [4.78, 5) is 32.0. The van der Waals surface area contributed by atoms with E-state index in [0.717, 1.165) is 10.7 Å². The van der Waals surface area contributed by atoms with E-state index in [9.17, 15) is 19.7 Å². The highest BCUT2D eigenvalue weighted by Crippen LogP contribution is 2.24. The molecule has 0 aliphatic rings. The maximum absolute atomic E-state index is 11.0. The zero-order valence-electron chi connectivity index (χ0n) is 9.89. The number of aromatic nitrogens is 2. The van der Waals surface area contributed by atoms with E-state index in [4.69, 9.17) is 10.8 Å². The summed E-state index contributed by atoms with van der Waals surface area (Å²) in [6, 6.07) is 4.66. The quantitative estimate of drug-likeness (QED) is 0.617. The minimum Gasteiger partial charge on any atom is -0.478 e. The minimum atomic E-state index is -1.28. The van der Waals surface area contributed by atoms with Gasteiger partial charge in [-0.2, -0.15) is 5.10 Å². The van der Waals surface area contributed by atoms with Gasteiger partial charge in [0.2, 0.25) is 0 Å². The van der Waals surface area contributed by atoms with E-state index in [1.54, 1.807) is 0 Å². The summed E-state index contributed by atoms with van der Waals surface area (Å²) in [5, 5.41) is 23.6. The first-order valence-electron chi connectivity index (χ1n) is 5.27. The fourth-order valence-corrected chi connectivity index (χ4v) is 1.59. The number of benzene rings is 1. The third kappa shape index (κ3) is 2.32. The van der Waals surface area contributed by atoms with Crippen molar-refractivity contribution >= 4 is 17.6 Å². The number of nitro benzene ring substituents is 1. The number of carboxylic acid groups (broad SMARTS) is 1. The van der Waals surface area contributed by atoms with Crippen molar-refractivity contribution in [1.29, 1.82) is 0 Å². The topological polar surface area (TPSA) is 141 Å². The van der Waals surface area contributed by atoms with E-state index in [0.29, 0.717) is 0 Å². The van der Waals surface area contributed by atoms with Crippen molar-refractivity contribution in [1.82, 2.24) is 9.78 Å². The van der Waals surface area contributed by atoms with E-state index in [-0.39, 0.29) is 16.9 Å². The molecular weight excluding hydrogens is 268 g/mol. The Kier molecular flexibility index (Phi) is 3.17. The van der Waals surface area contributed by atoms with Crippen LogP contribution < -0.4 is 5.73 Å². The molecule has 1 aromatic heterocycles. The van der Waals surface area contributed by atoms with Crippen molar-refractivity contribution in [3.8, 4) is 5.69 Å². The average Bonchev–Trinajstić information content (AvgIpc) is 2.87. The second kappa shape index (κ2) is 4.80. The number of rotatable bonds is 4. The molecule has 1 amide bonds. The molecule has 0 unspecified atom stereocenters. The molecule has 102 valence electrons. The molecule has 3 N–H and O–H groups in total. The van der Waals surface area contributed by atoms with Crippen molar-refractivity contribution in [3.63, 3.8) is 0 Å². The number of carbonyl (C=O) groups is 2. The Balaban J connectivity index is 2.57. The summed E-state index contributed by atoms with van der Waals surface area (Å²) in [5.41, 5.74) is 4.36. The zero-order chi connectivity index (χ0) is 14.9. The van der Waals surface area contributed by atoms with Crippen molar-refractivity contribution in [2.45, 2.75) is 0 Å². The van der Waals surface area contributed by atoms with Crippen LogP contribution in [-0.2, 0) is 0 Å². The van der Waals surface area contributed by atoms with Crippen molar-refractivity contribution in [3.05, 3.63) is 51.8 Å². The van der Waals surface area contributed by atoms with Crippen molar-refractivity contribution < 1.29 is 19.6 Å². The highest BCUT2D eigenvalue weighted by atomic mass is 16.6. The van der Waals surface area contributed by atoms with Crippen molar-refractivity contribution in [2.75, 3.05) is 0 Å². The van der Waals surface area contributed by atoms with E-state index < -0.39 is 22.5 Å². The minimum absolute atomic E-state index is 0.0347. The van der Waals surface area contributed by atoms with E-state index in [2.05, 4.69) is 5.10 Å². The Morgan fingerprint density at radius 3 is 2.55 bits per heavy atom. The molecule has 0 spiro atoms. The summed E-state index contributed by atoms with van der Waals surface area (Å²) in [5.74, 6) is -2.05. The summed E-state index contributed by atoms with van der Waals surface area (Å²) in [6.07, 6.45) is 1.32. The van der Waals surface area contributed by atoms with Crippen LogP contribution in [0, 0.1) is 10.1 Å². The molecule has 0 bridgehead atoms. The van der Waals surface area contributed by atoms with Gasteiger partial charge in [-0.05, 0) is 18.2 Å². The molecule has 0 atom stereocenters. The number of carboxylic acids is 1. The standard InChI is InChI=1S/C11H8N4O5/c12-10(16)7-3-4-14(13-7)8-2-1-6(11(17)18)5-9(8)15(19)20/h1-5H,(H2,12,16)(H,17,18). The summed E-state index contributed by atoms with van der Waals surface area (Å²) >= 11 is 0. The maximum Gasteiger partial charge on any atom is 0.335 e. The average molecular weight is 276 g/mol. The lowest BCUT2D eigenvalue weighted by atomic mass is 10.2. The lowest BCUT2D eigenvalue weighted by Crippen LogP contribution is -2.12. The molecule has 0 radical (unpaired) electrons. The van der Waals surface area contributed by atoms with Crippen LogP contribution in [0.4, 0.5) is 5.69 Å². The summed E-state index contributed by atoms with van der Waals surface area (Å²) in [6.45, 7) is 0. The Labute approximate surface area is 111 Å². The van der Waals surface area contributed by atoms with Crippen LogP contribution in [0.5, 0.6) is 0 Å². The number of hydrogen-bond acceptors (Lipinski definition) is 5.